The minimum atomic E-state index is -0.0794. The van der Waals surface area contributed by atoms with Crippen LogP contribution >= 0.6 is 11.6 Å². The van der Waals surface area contributed by atoms with Gasteiger partial charge in [-0.1, -0.05) is 26.0 Å². The van der Waals surface area contributed by atoms with Gasteiger partial charge in [-0.2, -0.15) is 15.0 Å². The molecule has 0 aliphatic rings. The van der Waals surface area contributed by atoms with Crippen molar-refractivity contribution < 1.29 is 9.59 Å². The zero-order valence-electron chi connectivity index (χ0n) is 17.1. The van der Waals surface area contributed by atoms with Crippen molar-refractivity contribution in [1.29, 1.82) is 0 Å². The van der Waals surface area contributed by atoms with Crippen LogP contribution in [0.3, 0.4) is 0 Å². The fraction of sp³-hybridized carbons (Fsp3) is 0.190. The predicted octanol–water partition coefficient (Wildman–Crippen LogP) is 4.71. The highest BCUT2D eigenvalue weighted by Gasteiger charge is 2.08. The van der Waals surface area contributed by atoms with Gasteiger partial charge in [0.25, 0.3) is 0 Å². The molecule has 4 N–H and O–H groups in total. The van der Waals surface area contributed by atoms with Gasteiger partial charge in [0, 0.05) is 35.6 Å². The lowest BCUT2D eigenvalue weighted by Crippen LogP contribution is -2.10. The molecular formula is C21H22ClN7O2. The van der Waals surface area contributed by atoms with E-state index in [2.05, 4.69) is 36.2 Å². The van der Waals surface area contributed by atoms with E-state index in [-0.39, 0.29) is 29.0 Å². The van der Waals surface area contributed by atoms with Gasteiger partial charge in [-0.05, 0) is 48.0 Å². The summed E-state index contributed by atoms with van der Waals surface area (Å²) in [6.45, 7) is 3.57. The number of carbonyl (C=O) groups is 2. The number of benzene rings is 2. The zero-order valence-corrected chi connectivity index (χ0v) is 17.8. The van der Waals surface area contributed by atoms with Crippen molar-refractivity contribution in [3.63, 3.8) is 0 Å². The topological polar surface area (TPSA) is 121 Å². The third-order valence-corrected chi connectivity index (χ3v) is 4.22. The van der Waals surface area contributed by atoms with E-state index in [1.165, 1.54) is 0 Å². The Labute approximate surface area is 184 Å². The number of nitrogens with zero attached hydrogens (tertiary/aromatic N) is 3. The van der Waals surface area contributed by atoms with E-state index in [4.69, 9.17) is 11.6 Å². The number of carbonyl (C=O) groups excluding carboxylic acids is 2. The summed E-state index contributed by atoms with van der Waals surface area (Å²) in [5.74, 6) is 0.308. The molecule has 0 bridgehead atoms. The molecule has 0 unspecified atom stereocenters. The van der Waals surface area contributed by atoms with Crippen molar-refractivity contribution in [3.8, 4) is 0 Å². The first-order valence-corrected chi connectivity index (χ1v) is 10.1. The van der Waals surface area contributed by atoms with Crippen LogP contribution in [0.15, 0.2) is 48.5 Å². The molecule has 1 heterocycles. The van der Waals surface area contributed by atoms with Crippen LogP contribution < -0.4 is 21.3 Å². The number of amides is 2. The highest BCUT2D eigenvalue weighted by Crippen LogP contribution is 2.22. The maximum absolute atomic E-state index is 11.6. The van der Waals surface area contributed by atoms with Crippen molar-refractivity contribution in [1.82, 2.24) is 15.0 Å². The molecule has 0 saturated heterocycles. The van der Waals surface area contributed by atoms with Crippen LogP contribution in [0, 0.1) is 0 Å². The van der Waals surface area contributed by atoms with Crippen LogP contribution in [0.5, 0.6) is 0 Å². The van der Waals surface area contributed by atoms with Crippen LogP contribution in [0.1, 0.15) is 26.7 Å². The first-order chi connectivity index (χ1) is 14.9. The number of rotatable bonds is 8. The molecule has 3 rings (SSSR count). The van der Waals surface area contributed by atoms with E-state index in [1.54, 1.807) is 50.2 Å². The Morgan fingerprint density at radius 2 is 1.16 bits per heavy atom. The second kappa shape index (κ2) is 10.4. The summed E-state index contributed by atoms with van der Waals surface area (Å²) in [4.78, 5) is 35.7. The van der Waals surface area contributed by atoms with Crippen LogP contribution in [0.4, 0.5) is 34.6 Å². The summed E-state index contributed by atoms with van der Waals surface area (Å²) < 4.78 is 0. The van der Waals surface area contributed by atoms with Gasteiger partial charge in [-0.15, -0.1) is 0 Å². The van der Waals surface area contributed by atoms with E-state index in [1.807, 2.05) is 12.1 Å². The van der Waals surface area contributed by atoms with E-state index < -0.39 is 0 Å². The molecule has 31 heavy (non-hydrogen) atoms. The van der Waals surface area contributed by atoms with Crippen LogP contribution in [0.2, 0.25) is 5.28 Å². The standard InChI is InChI=1S/C21H22ClN7O2/c1-3-17(30)23-13-7-5-9-15(11-13)25-20-27-19(22)28-21(29-20)26-16-10-6-8-14(12-16)24-18(31)4-2/h5-12H,3-4H2,1-2H3,(H,23,30)(H,24,31)(H2,25,26,27,28,29). The lowest BCUT2D eigenvalue weighted by molar-refractivity contribution is -0.116. The number of hydrogen-bond donors (Lipinski definition) is 4. The number of halogens is 1. The molecule has 0 aliphatic carbocycles. The molecule has 0 spiro atoms. The smallest absolute Gasteiger partial charge is 0.233 e. The maximum atomic E-state index is 11.6. The molecule has 0 saturated carbocycles. The van der Waals surface area contributed by atoms with Crippen molar-refractivity contribution in [2.45, 2.75) is 26.7 Å². The minimum Gasteiger partial charge on any atom is -0.326 e. The van der Waals surface area contributed by atoms with Crippen molar-refractivity contribution in [3.05, 3.63) is 53.8 Å². The second-order valence-electron chi connectivity index (χ2n) is 6.47. The molecule has 2 amide bonds. The number of anilines is 6. The summed E-state index contributed by atoms with van der Waals surface area (Å²) in [6, 6.07) is 14.3. The Hall–Kier alpha value is -3.72. The van der Waals surface area contributed by atoms with E-state index >= 15 is 0 Å². The molecule has 0 fully saturated rings. The Balaban J connectivity index is 1.75. The third kappa shape index (κ3) is 6.65. The van der Waals surface area contributed by atoms with Gasteiger partial charge in [-0.3, -0.25) is 9.59 Å². The third-order valence-electron chi connectivity index (χ3n) is 4.06. The summed E-state index contributed by atoms with van der Waals surface area (Å²) in [7, 11) is 0. The molecule has 0 aliphatic heterocycles. The van der Waals surface area contributed by atoms with Crippen LogP contribution in [-0.4, -0.2) is 26.8 Å². The first kappa shape index (κ1) is 22.0. The largest absolute Gasteiger partial charge is 0.326 e. The number of nitrogens with one attached hydrogen (secondary N) is 4. The highest BCUT2D eigenvalue weighted by atomic mass is 35.5. The zero-order chi connectivity index (χ0) is 22.2. The van der Waals surface area contributed by atoms with E-state index in [0.717, 1.165) is 0 Å². The van der Waals surface area contributed by atoms with Gasteiger partial charge in [-0.25, -0.2) is 0 Å². The van der Waals surface area contributed by atoms with Gasteiger partial charge < -0.3 is 21.3 Å². The van der Waals surface area contributed by atoms with Crippen LogP contribution in [0.25, 0.3) is 0 Å². The summed E-state index contributed by atoms with van der Waals surface area (Å²) >= 11 is 6.06. The van der Waals surface area contributed by atoms with E-state index in [9.17, 15) is 9.59 Å². The predicted molar refractivity (Wildman–Crippen MR) is 122 cm³/mol. The molecule has 3 aromatic rings. The molecule has 1 aromatic heterocycles. The second-order valence-corrected chi connectivity index (χ2v) is 6.80. The number of hydrogen-bond acceptors (Lipinski definition) is 7. The highest BCUT2D eigenvalue weighted by molar-refractivity contribution is 6.28. The lowest BCUT2D eigenvalue weighted by atomic mass is 10.2. The maximum Gasteiger partial charge on any atom is 0.233 e. The van der Waals surface area contributed by atoms with Gasteiger partial charge in [0.05, 0.1) is 0 Å². The summed E-state index contributed by atoms with van der Waals surface area (Å²) in [5.41, 5.74) is 2.65. The van der Waals surface area contributed by atoms with E-state index in [0.29, 0.717) is 35.6 Å². The molecule has 0 atom stereocenters. The first-order valence-electron chi connectivity index (χ1n) is 9.70. The van der Waals surface area contributed by atoms with Gasteiger partial charge >= 0.3 is 0 Å². The normalized spacial score (nSPS) is 10.3. The number of aromatic nitrogens is 3. The van der Waals surface area contributed by atoms with Crippen LogP contribution in [-0.2, 0) is 9.59 Å². The average molecular weight is 440 g/mol. The SMILES string of the molecule is CCC(=O)Nc1cccc(Nc2nc(Cl)nc(Nc3cccc(NC(=O)CC)c3)n2)c1. The van der Waals surface area contributed by atoms with Crippen molar-refractivity contribution in [2.75, 3.05) is 21.3 Å². The Morgan fingerprint density at radius 1 is 0.742 bits per heavy atom. The van der Waals surface area contributed by atoms with Gasteiger partial charge in [0.2, 0.25) is 29.0 Å². The molecule has 0 radical (unpaired) electrons. The molecule has 10 heteroatoms. The lowest BCUT2D eigenvalue weighted by Gasteiger charge is -2.11. The molecule has 160 valence electrons. The molecule has 2 aromatic carbocycles. The fourth-order valence-corrected chi connectivity index (χ4v) is 2.73. The summed E-state index contributed by atoms with van der Waals surface area (Å²) in [5, 5.41) is 11.7. The molecular weight excluding hydrogens is 418 g/mol. The molecule has 9 nitrogen and oxygen atoms in total. The van der Waals surface area contributed by atoms with Crippen molar-refractivity contribution >= 4 is 58.1 Å². The monoisotopic (exact) mass is 439 g/mol. The fourth-order valence-electron chi connectivity index (χ4n) is 2.57. The Kier molecular flexibility index (Phi) is 7.34. The average Bonchev–Trinajstić information content (AvgIpc) is 2.73. The quantitative estimate of drug-likeness (QED) is 0.401. The Bertz CT molecular complexity index is 1010. The Morgan fingerprint density at radius 3 is 1.58 bits per heavy atom. The summed E-state index contributed by atoms with van der Waals surface area (Å²) in [6.07, 6.45) is 0.776. The van der Waals surface area contributed by atoms with Gasteiger partial charge in [0.1, 0.15) is 0 Å². The minimum absolute atomic E-state index is 0.00545. The van der Waals surface area contributed by atoms with Gasteiger partial charge in [0.15, 0.2) is 0 Å². The van der Waals surface area contributed by atoms with Crippen molar-refractivity contribution in [2.24, 2.45) is 0 Å².